The monoisotopic (exact) mass is 241 g/mol. The van der Waals surface area contributed by atoms with Gasteiger partial charge in [0.25, 0.3) is 0 Å². The molecule has 0 fully saturated rings. The van der Waals surface area contributed by atoms with Gasteiger partial charge in [-0.3, -0.25) is 9.87 Å². The molecule has 0 saturated heterocycles. The second-order valence-corrected chi connectivity index (χ2v) is 4.27. The van der Waals surface area contributed by atoms with Crippen molar-refractivity contribution in [3.63, 3.8) is 0 Å². The van der Waals surface area contributed by atoms with Gasteiger partial charge in [-0.25, -0.2) is 0 Å². The lowest BCUT2D eigenvalue weighted by molar-refractivity contribution is 0.466. The Balaban J connectivity index is 2.71. The topological polar surface area (TPSA) is 99.2 Å². The number of rotatable bonds is 3. The third kappa shape index (κ3) is 1.72. The first-order chi connectivity index (χ1) is 7.54. The van der Waals surface area contributed by atoms with Crippen molar-refractivity contribution in [2.75, 3.05) is 6.54 Å². The minimum absolute atomic E-state index is 0.206. The molecule has 0 aliphatic carbocycles. The van der Waals surface area contributed by atoms with Crippen LogP contribution < -0.4 is 5.32 Å². The van der Waals surface area contributed by atoms with Crippen molar-refractivity contribution in [1.29, 1.82) is 0 Å². The van der Waals surface area contributed by atoms with Crippen LogP contribution in [0.25, 0.3) is 11.0 Å². The molecule has 1 N–H and O–H groups in total. The molecule has 1 aromatic carbocycles. The van der Waals surface area contributed by atoms with E-state index in [4.69, 9.17) is 4.55 Å². The molecule has 0 unspecified atom stereocenters. The molecule has 1 radical (unpaired) electrons. The molecule has 0 aliphatic heterocycles. The largest absolute Gasteiger partial charge is 0.380 e. The average Bonchev–Trinajstić information content (AvgIpc) is 2.62. The van der Waals surface area contributed by atoms with E-state index in [1.54, 1.807) is 12.1 Å². The molecule has 0 aliphatic rings. The standard InChI is InChI=1S/C8H9N4O3S/c1-2-9-6-4-3-5-7-8(6)10-11-12(7)16(13,14)15/h3-5H,2H2,1H3,(H,13,14,15). The second kappa shape index (κ2) is 3.72. The maximum absolute atomic E-state index is 11.0. The summed E-state index contributed by atoms with van der Waals surface area (Å²) < 4.78 is 31.3. The van der Waals surface area contributed by atoms with Crippen LogP contribution in [0.2, 0.25) is 0 Å². The highest BCUT2D eigenvalue weighted by Gasteiger charge is 2.16. The molecular formula is C8H9N4O3S. The first kappa shape index (κ1) is 10.8. The Morgan fingerprint density at radius 1 is 1.50 bits per heavy atom. The fraction of sp³-hybridized carbons (Fsp3) is 0.250. The van der Waals surface area contributed by atoms with Crippen LogP contribution in [0.3, 0.4) is 0 Å². The van der Waals surface area contributed by atoms with E-state index in [0.717, 1.165) is 0 Å². The Labute approximate surface area is 92.0 Å². The highest BCUT2D eigenvalue weighted by molar-refractivity contribution is 7.84. The normalized spacial score (nSPS) is 11.9. The minimum Gasteiger partial charge on any atom is -0.283 e. The van der Waals surface area contributed by atoms with E-state index in [1.807, 2.05) is 6.92 Å². The zero-order valence-electron chi connectivity index (χ0n) is 8.40. The van der Waals surface area contributed by atoms with Crippen LogP contribution in [0, 0.1) is 0 Å². The maximum Gasteiger partial charge on any atom is 0.380 e. The van der Waals surface area contributed by atoms with E-state index in [1.165, 1.54) is 6.07 Å². The quantitative estimate of drug-likeness (QED) is 0.781. The third-order valence-corrected chi connectivity index (χ3v) is 2.68. The van der Waals surface area contributed by atoms with Crippen LogP contribution in [0.1, 0.15) is 6.92 Å². The van der Waals surface area contributed by atoms with E-state index in [2.05, 4.69) is 15.6 Å². The summed E-state index contributed by atoms with van der Waals surface area (Å²) in [6, 6.07) is 4.83. The fourth-order valence-electron chi connectivity index (χ4n) is 1.38. The Bertz CT molecular complexity index is 619. The van der Waals surface area contributed by atoms with Crippen molar-refractivity contribution in [3.8, 4) is 0 Å². The highest BCUT2D eigenvalue weighted by atomic mass is 32.2. The number of aromatic nitrogens is 3. The lowest BCUT2D eigenvalue weighted by atomic mass is 10.2. The average molecular weight is 241 g/mol. The van der Waals surface area contributed by atoms with Gasteiger partial charge in [0.05, 0.1) is 5.69 Å². The van der Waals surface area contributed by atoms with E-state index in [0.29, 0.717) is 21.8 Å². The van der Waals surface area contributed by atoms with Crippen LogP contribution in [-0.4, -0.2) is 33.9 Å². The molecule has 8 heteroatoms. The lowest BCUT2D eigenvalue weighted by Gasteiger charge is -2.00. The van der Waals surface area contributed by atoms with Crippen LogP contribution in [0.15, 0.2) is 18.2 Å². The van der Waals surface area contributed by atoms with Crippen molar-refractivity contribution < 1.29 is 13.0 Å². The molecule has 2 rings (SSSR count). The summed E-state index contributed by atoms with van der Waals surface area (Å²) in [7, 11) is -4.42. The first-order valence-corrected chi connectivity index (χ1v) is 5.93. The van der Waals surface area contributed by atoms with Gasteiger partial charge in [-0.05, 0) is 24.3 Å². The van der Waals surface area contributed by atoms with E-state index in [9.17, 15) is 8.42 Å². The Morgan fingerprint density at radius 2 is 2.25 bits per heavy atom. The summed E-state index contributed by atoms with van der Waals surface area (Å²) in [6.07, 6.45) is 0. The molecule has 1 aromatic heterocycles. The molecule has 2 aromatic rings. The van der Waals surface area contributed by atoms with Crippen molar-refractivity contribution in [1.82, 2.24) is 19.7 Å². The summed E-state index contributed by atoms with van der Waals surface area (Å²) in [5.41, 5.74) is 1.11. The summed E-state index contributed by atoms with van der Waals surface area (Å²) in [4.78, 5) is 0. The van der Waals surface area contributed by atoms with Gasteiger partial charge in [-0.15, -0.1) is 9.19 Å². The Morgan fingerprint density at radius 3 is 2.88 bits per heavy atom. The van der Waals surface area contributed by atoms with Crippen LogP contribution >= 0.6 is 0 Å². The van der Waals surface area contributed by atoms with Crippen LogP contribution in [0.5, 0.6) is 0 Å². The van der Waals surface area contributed by atoms with Gasteiger partial charge in [-0.2, -0.15) is 8.42 Å². The Kier molecular flexibility index (Phi) is 2.52. The molecule has 85 valence electrons. The summed E-state index contributed by atoms with van der Waals surface area (Å²) in [6.45, 7) is 2.41. The second-order valence-electron chi connectivity index (χ2n) is 3.03. The maximum atomic E-state index is 11.0. The van der Waals surface area contributed by atoms with Crippen molar-refractivity contribution in [3.05, 3.63) is 18.2 Å². The van der Waals surface area contributed by atoms with Crippen molar-refractivity contribution >= 4 is 27.0 Å². The zero-order valence-corrected chi connectivity index (χ0v) is 9.22. The summed E-state index contributed by atoms with van der Waals surface area (Å²) in [5, 5.41) is 11.2. The van der Waals surface area contributed by atoms with Crippen LogP contribution in [0.4, 0.5) is 5.69 Å². The smallest absolute Gasteiger partial charge is 0.283 e. The van der Waals surface area contributed by atoms with E-state index >= 15 is 0 Å². The highest BCUT2D eigenvalue weighted by Crippen LogP contribution is 2.21. The summed E-state index contributed by atoms with van der Waals surface area (Å²) >= 11 is 0. The van der Waals surface area contributed by atoms with Gasteiger partial charge < -0.3 is 0 Å². The number of hydrogen-bond donors (Lipinski definition) is 1. The Hall–Kier alpha value is -1.67. The molecule has 1 heterocycles. The van der Waals surface area contributed by atoms with Gasteiger partial charge >= 0.3 is 10.3 Å². The van der Waals surface area contributed by atoms with E-state index < -0.39 is 10.3 Å². The third-order valence-electron chi connectivity index (χ3n) is 1.97. The number of hydrogen-bond acceptors (Lipinski definition) is 4. The molecule has 0 bridgehead atoms. The van der Waals surface area contributed by atoms with Gasteiger partial charge in [0.15, 0.2) is 0 Å². The predicted molar refractivity (Wildman–Crippen MR) is 56.8 cm³/mol. The molecule has 0 saturated carbocycles. The van der Waals surface area contributed by atoms with E-state index in [-0.39, 0.29) is 5.52 Å². The SMILES string of the molecule is CC[N]c1cccc2c1nnn2S(=O)(=O)O. The number of benzene rings is 1. The number of fused-ring (bicyclic) bond motifs is 1. The first-order valence-electron chi connectivity index (χ1n) is 4.54. The molecular weight excluding hydrogens is 232 g/mol. The zero-order chi connectivity index (χ0) is 11.8. The molecule has 0 amide bonds. The number of nitrogens with zero attached hydrogens (tertiary/aromatic N) is 4. The van der Waals surface area contributed by atoms with Gasteiger partial charge in [-0.1, -0.05) is 6.07 Å². The van der Waals surface area contributed by atoms with Crippen LogP contribution in [-0.2, 0) is 10.3 Å². The van der Waals surface area contributed by atoms with Gasteiger partial charge in [0.2, 0.25) is 0 Å². The van der Waals surface area contributed by atoms with Crippen molar-refractivity contribution in [2.24, 2.45) is 0 Å². The van der Waals surface area contributed by atoms with Crippen molar-refractivity contribution in [2.45, 2.75) is 6.92 Å². The molecule has 0 spiro atoms. The minimum atomic E-state index is -4.42. The molecule has 7 nitrogen and oxygen atoms in total. The lowest BCUT2D eigenvalue weighted by Crippen LogP contribution is -2.12. The molecule has 0 atom stereocenters. The predicted octanol–water partition coefficient (Wildman–Crippen LogP) is 0.338. The van der Waals surface area contributed by atoms with Gasteiger partial charge in [0, 0.05) is 6.54 Å². The fourth-order valence-corrected chi connectivity index (χ4v) is 1.90. The molecule has 16 heavy (non-hydrogen) atoms. The summed E-state index contributed by atoms with van der Waals surface area (Å²) in [5.74, 6) is 0. The van der Waals surface area contributed by atoms with Gasteiger partial charge in [0.1, 0.15) is 11.0 Å².